The van der Waals surface area contributed by atoms with E-state index in [0.717, 1.165) is 44.6 Å². The van der Waals surface area contributed by atoms with Gasteiger partial charge < -0.3 is 9.47 Å². The van der Waals surface area contributed by atoms with Gasteiger partial charge in [-0.2, -0.15) is 4.39 Å². The second-order valence-electron chi connectivity index (χ2n) is 5.68. The highest BCUT2D eigenvalue weighted by Gasteiger charge is 2.17. The quantitative estimate of drug-likeness (QED) is 0.166. The number of halogens is 4. The van der Waals surface area contributed by atoms with Crippen LogP contribution >= 0.6 is 11.6 Å². The van der Waals surface area contributed by atoms with E-state index in [2.05, 4.69) is 4.74 Å². The van der Waals surface area contributed by atoms with Crippen LogP contribution in [0.3, 0.4) is 0 Å². The standard InChI is InChI=1S/C18H22ClF3O4/c19-11-5-3-1-2-4-6-12-25-15(23)9-10-16(24)26-14-8-7-13(20)17(21)18(14)22/h7-8H,1-6,9-12H2. The van der Waals surface area contributed by atoms with Crippen LogP contribution in [0.15, 0.2) is 12.1 Å². The van der Waals surface area contributed by atoms with E-state index in [1.165, 1.54) is 0 Å². The first kappa shape index (κ1) is 22.3. The predicted octanol–water partition coefficient (Wildman–Crippen LogP) is 4.91. The number of carbonyl (C=O) groups excluding carboxylic acids is 2. The van der Waals surface area contributed by atoms with E-state index < -0.39 is 35.1 Å². The smallest absolute Gasteiger partial charge is 0.311 e. The first-order valence-corrected chi connectivity index (χ1v) is 9.05. The fraction of sp³-hybridized carbons (Fsp3) is 0.556. The average molecular weight is 395 g/mol. The maximum atomic E-state index is 13.4. The van der Waals surface area contributed by atoms with Crippen molar-refractivity contribution in [3.8, 4) is 5.75 Å². The molecule has 1 aromatic rings. The molecule has 0 N–H and O–H groups in total. The van der Waals surface area contributed by atoms with Gasteiger partial charge >= 0.3 is 11.9 Å². The van der Waals surface area contributed by atoms with Gasteiger partial charge in [-0.25, -0.2) is 8.78 Å². The second kappa shape index (κ2) is 12.6. The number of alkyl halides is 1. The van der Waals surface area contributed by atoms with E-state index in [4.69, 9.17) is 16.3 Å². The third kappa shape index (κ3) is 8.56. The molecule has 0 saturated heterocycles. The van der Waals surface area contributed by atoms with Crippen molar-refractivity contribution in [2.24, 2.45) is 0 Å². The molecule has 146 valence electrons. The normalized spacial score (nSPS) is 10.6. The van der Waals surface area contributed by atoms with Crippen molar-refractivity contribution in [1.82, 2.24) is 0 Å². The summed E-state index contributed by atoms with van der Waals surface area (Å²) >= 11 is 5.58. The predicted molar refractivity (Wildman–Crippen MR) is 90.6 cm³/mol. The van der Waals surface area contributed by atoms with E-state index in [-0.39, 0.29) is 19.4 Å². The molecule has 0 aromatic heterocycles. The molecule has 0 radical (unpaired) electrons. The molecule has 0 saturated carbocycles. The summed E-state index contributed by atoms with van der Waals surface area (Å²) in [6.07, 6.45) is 5.30. The molecule has 0 fully saturated rings. The molecular formula is C18H22ClF3O4. The van der Waals surface area contributed by atoms with Crippen LogP contribution < -0.4 is 4.74 Å². The average Bonchev–Trinajstić information content (AvgIpc) is 2.62. The molecule has 0 aliphatic carbocycles. The number of hydrogen-bond donors (Lipinski definition) is 0. The van der Waals surface area contributed by atoms with E-state index in [1.807, 2.05) is 0 Å². The Morgan fingerprint density at radius 3 is 2.15 bits per heavy atom. The van der Waals surface area contributed by atoms with Crippen LogP contribution in [0.2, 0.25) is 0 Å². The first-order chi connectivity index (χ1) is 12.5. The molecule has 26 heavy (non-hydrogen) atoms. The summed E-state index contributed by atoms with van der Waals surface area (Å²) in [7, 11) is 0. The van der Waals surface area contributed by atoms with Gasteiger partial charge in [0.25, 0.3) is 0 Å². The number of rotatable bonds is 12. The molecule has 1 rings (SSSR count). The number of unbranched alkanes of at least 4 members (excludes halogenated alkanes) is 5. The number of ether oxygens (including phenoxy) is 2. The summed E-state index contributed by atoms with van der Waals surface area (Å²) in [6.45, 7) is 0.265. The Balaban J connectivity index is 2.17. The summed E-state index contributed by atoms with van der Waals surface area (Å²) in [6, 6.07) is 1.45. The Labute approximate surface area is 155 Å². The van der Waals surface area contributed by atoms with Crippen LogP contribution in [-0.4, -0.2) is 24.4 Å². The molecule has 0 amide bonds. The van der Waals surface area contributed by atoms with E-state index in [9.17, 15) is 22.8 Å². The van der Waals surface area contributed by atoms with Crippen LogP contribution in [0, 0.1) is 17.5 Å². The zero-order valence-electron chi connectivity index (χ0n) is 14.4. The molecule has 0 aliphatic heterocycles. The largest absolute Gasteiger partial charge is 0.466 e. The molecule has 0 heterocycles. The molecule has 0 spiro atoms. The summed E-state index contributed by atoms with van der Waals surface area (Å²) in [5.74, 6) is -6.27. The van der Waals surface area contributed by atoms with Crippen LogP contribution in [0.5, 0.6) is 5.75 Å². The third-order valence-electron chi connectivity index (χ3n) is 3.55. The maximum Gasteiger partial charge on any atom is 0.311 e. The van der Waals surface area contributed by atoms with Crippen LogP contribution in [0.4, 0.5) is 13.2 Å². The minimum atomic E-state index is -1.72. The SMILES string of the molecule is O=C(CCC(=O)Oc1ccc(F)c(F)c1F)OCCCCCCCCCl. The summed E-state index contributed by atoms with van der Waals surface area (Å²) in [5.41, 5.74) is 0. The Bertz CT molecular complexity index is 596. The van der Waals surface area contributed by atoms with Crippen molar-refractivity contribution in [3.05, 3.63) is 29.6 Å². The highest BCUT2D eigenvalue weighted by Crippen LogP contribution is 2.22. The van der Waals surface area contributed by atoms with Crippen molar-refractivity contribution in [2.45, 2.75) is 51.4 Å². The number of hydrogen-bond acceptors (Lipinski definition) is 4. The zero-order valence-corrected chi connectivity index (χ0v) is 15.1. The molecule has 0 atom stereocenters. The van der Waals surface area contributed by atoms with Gasteiger partial charge in [-0.3, -0.25) is 9.59 Å². The van der Waals surface area contributed by atoms with E-state index in [1.54, 1.807) is 0 Å². The molecule has 0 aliphatic rings. The summed E-state index contributed by atoms with van der Waals surface area (Å²) in [4.78, 5) is 23.1. The van der Waals surface area contributed by atoms with Crippen molar-refractivity contribution < 1.29 is 32.2 Å². The van der Waals surface area contributed by atoms with Crippen molar-refractivity contribution in [2.75, 3.05) is 12.5 Å². The van der Waals surface area contributed by atoms with Crippen LogP contribution in [0.25, 0.3) is 0 Å². The number of esters is 2. The highest BCUT2D eigenvalue weighted by atomic mass is 35.5. The third-order valence-corrected chi connectivity index (χ3v) is 3.82. The Morgan fingerprint density at radius 1 is 0.846 bits per heavy atom. The van der Waals surface area contributed by atoms with Gasteiger partial charge in [-0.05, 0) is 25.0 Å². The second-order valence-corrected chi connectivity index (χ2v) is 6.06. The number of carbonyl (C=O) groups is 2. The van der Waals surface area contributed by atoms with E-state index >= 15 is 0 Å². The number of benzene rings is 1. The Hall–Kier alpha value is -1.76. The van der Waals surface area contributed by atoms with Gasteiger partial charge in [0, 0.05) is 5.88 Å². The van der Waals surface area contributed by atoms with Gasteiger partial charge in [0.1, 0.15) is 0 Å². The van der Waals surface area contributed by atoms with Crippen molar-refractivity contribution >= 4 is 23.5 Å². The topological polar surface area (TPSA) is 52.6 Å². The molecule has 0 bridgehead atoms. The van der Waals surface area contributed by atoms with Crippen molar-refractivity contribution in [1.29, 1.82) is 0 Å². The Kier molecular flexibility index (Phi) is 10.8. The lowest BCUT2D eigenvalue weighted by Gasteiger charge is -2.07. The van der Waals surface area contributed by atoms with Gasteiger partial charge in [0.2, 0.25) is 5.82 Å². The van der Waals surface area contributed by atoms with Gasteiger partial charge in [0.05, 0.1) is 19.4 Å². The Morgan fingerprint density at radius 2 is 1.46 bits per heavy atom. The molecular weight excluding hydrogens is 373 g/mol. The minimum Gasteiger partial charge on any atom is -0.466 e. The lowest BCUT2D eigenvalue weighted by molar-refractivity contribution is -0.147. The van der Waals surface area contributed by atoms with Gasteiger partial charge in [-0.1, -0.05) is 25.7 Å². The zero-order chi connectivity index (χ0) is 19.4. The highest BCUT2D eigenvalue weighted by molar-refractivity contribution is 6.17. The summed E-state index contributed by atoms with van der Waals surface area (Å²) in [5, 5.41) is 0. The monoisotopic (exact) mass is 394 g/mol. The molecule has 0 unspecified atom stereocenters. The van der Waals surface area contributed by atoms with Crippen molar-refractivity contribution in [3.63, 3.8) is 0 Å². The minimum absolute atomic E-state index is 0.236. The lowest BCUT2D eigenvalue weighted by Crippen LogP contribution is -2.14. The lowest BCUT2D eigenvalue weighted by atomic mass is 10.1. The fourth-order valence-electron chi connectivity index (χ4n) is 2.13. The summed E-state index contributed by atoms with van der Waals surface area (Å²) < 4.78 is 48.7. The van der Waals surface area contributed by atoms with Gasteiger partial charge in [0.15, 0.2) is 17.4 Å². The molecule has 8 heteroatoms. The van der Waals surface area contributed by atoms with Crippen LogP contribution in [-0.2, 0) is 14.3 Å². The van der Waals surface area contributed by atoms with Gasteiger partial charge in [-0.15, -0.1) is 11.6 Å². The molecule has 4 nitrogen and oxygen atoms in total. The van der Waals surface area contributed by atoms with E-state index in [0.29, 0.717) is 11.9 Å². The fourth-order valence-corrected chi connectivity index (χ4v) is 2.32. The maximum absolute atomic E-state index is 13.4. The van der Waals surface area contributed by atoms with Crippen LogP contribution in [0.1, 0.15) is 51.4 Å². The molecule has 1 aromatic carbocycles. The first-order valence-electron chi connectivity index (χ1n) is 8.51.